The van der Waals surface area contributed by atoms with Gasteiger partial charge in [0.05, 0.1) is 37.6 Å². The molecule has 0 amide bonds. The molecule has 4 rings (SSSR count). The number of pyridine rings is 1. The summed E-state index contributed by atoms with van der Waals surface area (Å²) in [5.74, 6) is -3.08. The molecule has 13 heteroatoms. The average molecular weight is 597 g/mol. The lowest BCUT2D eigenvalue weighted by molar-refractivity contribution is -0.139. The molecule has 0 bridgehead atoms. The number of hydrogen-bond donors (Lipinski definition) is 1. The van der Waals surface area contributed by atoms with Crippen LogP contribution in [0.1, 0.15) is 24.2 Å². The molecule has 0 aliphatic carbocycles. The molecule has 1 saturated heterocycles. The van der Waals surface area contributed by atoms with Crippen LogP contribution in [0.5, 0.6) is 0 Å². The molecule has 2 aliphatic rings. The van der Waals surface area contributed by atoms with Crippen LogP contribution in [-0.2, 0) is 23.8 Å². The maximum absolute atomic E-state index is 14.8. The van der Waals surface area contributed by atoms with E-state index in [0.717, 1.165) is 6.20 Å². The highest BCUT2D eigenvalue weighted by molar-refractivity contribution is 9.10. The number of ether oxygens (including phenoxy) is 3. The van der Waals surface area contributed by atoms with Crippen molar-refractivity contribution in [2.24, 2.45) is 4.99 Å². The molecule has 2 atom stereocenters. The van der Waals surface area contributed by atoms with Gasteiger partial charge in [-0.15, -0.1) is 0 Å². The number of aliphatic imine (C=N–C) groups is 1. The minimum absolute atomic E-state index is 0.0492. The molecule has 3 heterocycles. The lowest BCUT2D eigenvalue weighted by Crippen LogP contribution is -2.51. The second-order valence-corrected chi connectivity index (χ2v) is 9.25. The molecule has 0 spiro atoms. The quantitative estimate of drug-likeness (QED) is 0.348. The summed E-state index contributed by atoms with van der Waals surface area (Å²) in [6.45, 7) is 3.33. The fourth-order valence-electron chi connectivity index (χ4n) is 4.23. The summed E-state index contributed by atoms with van der Waals surface area (Å²) in [7, 11) is 0. The summed E-state index contributed by atoms with van der Waals surface area (Å²) in [6, 6.07) is 3.19. The Morgan fingerprint density at radius 2 is 2.11 bits per heavy atom. The van der Waals surface area contributed by atoms with E-state index in [4.69, 9.17) is 14.2 Å². The summed E-state index contributed by atoms with van der Waals surface area (Å²) in [5, 5.41) is 3.00. The SMILES string of the molecule is CCOC(=O)C1=C(CN2CCOCC2COC=O)NC(c2ncc(F)cc2F)=NC1c1ccc(F)cc1Br. The zero-order valence-electron chi connectivity index (χ0n) is 20.3. The van der Waals surface area contributed by atoms with Gasteiger partial charge in [0, 0.05) is 29.3 Å². The zero-order chi connectivity index (χ0) is 27.2. The molecular formula is C25H24BrF3N4O5. The van der Waals surface area contributed by atoms with Gasteiger partial charge in [-0.05, 0) is 24.6 Å². The van der Waals surface area contributed by atoms with Crippen LogP contribution in [0.4, 0.5) is 13.2 Å². The number of carbonyl (C=O) groups is 2. The van der Waals surface area contributed by atoms with Gasteiger partial charge in [0.15, 0.2) is 11.7 Å². The van der Waals surface area contributed by atoms with Gasteiger partial charge >= 0.3 is 5.97 Å². The van der Waals surface area contributed by atoms with Crippen LogP contribution >= 0.6 is 15.9 Å². The van der Waals surface area contributed by atoms with Crippen molar-refractivity contribution in [3.05, 3.63) is 74.9 Å². The lowest BCUT2D eigenvalue weighted by Gasteiger charge is -2.37. The van der Waals surface area contributed by atoms with Gasteiger partial charge in [0.1, 0.15) is 30.0 Å². The molecule has 2 aromatic rings. The maximum atomic E-state index is 14.8. The minimum Gasteiger partial charge on any atom is -0.466 e. The molecule has 38 heavy (non-hydrogen) atoms. The highest BCUT2D eigenvalue weighted by atomic mass is 79.9. The van der Waals surface area contributed by atoms with E-state index in [1.807, 2.05) is 4.90 Å². The third-order valence-electron chi connectivity index (χ3n) is 5.98. The van der Waals surface area contributed by atoms with Crippen LogP contribution in [0.15, 0.2) is 51.2 Å². The van der Waals surface area contributed by atoms with Crippen molar-refractivity contribution in [1.29, 1.82) is 0 Å². The monoisotopic (exact) mass is 596 g/mol. The van der Waals surface area contributed by atoms with Crippen LogP contribution in [0.3, 0.4) is 0 Å². The zero-order valence-corrected chi connectivity index (χ0v) is 21.8. The van der Waals surface area contributed by atoms with Crippen molar-refractivity contribution in [2.75, 3.05) is 39.5 Å². The number of hydrogen-bond acceptors (Lipinski definition) is 9. The highest BCUT2D eigenvalue weighted by Crippen LogP contribution is 2.37. The molecule has 1 fully saturated rings. The number of benzene rings is 1. The number of morpholine rings is 1. The van der Waals surface area contributed by atoms with Crippen molar-refractivity contribution >= 4 is 34.2 Å². The minimum atomic E-state index is -1.05. The van der Waals surface area contributed by atoms with Crippen molar-refractivity contribution < 1.29 is 37.0 Å². The lowest BCUT2D eigenvalue weighted by atomic mass is 9.94. The van der Waals surface area contributed by atoms with E-state index in [0.29, 0.717) is 41.4 Å². The van der Waals surface area contributed by atoms with E-state index in [1.165, 1.54) is 18.2 Å². The third-order valence-corrected chi connectivity index (χ3v) is 6.66. The Labute approximate surface area is 224 Å². The first-order valence-electron chi connectivity index (χ1n) is 11.7. The van der Waals surface area contributed by atoms with Gasteiger partial charge < -0.3 is 19.5 Å². The molecule has 0 radical (unpaired) electrons. The molecule has 2 unspecified atom stereocenters. The fraction of sp³-hybridized carbons (Fsp3) is 0.360. The summed E-state index contributed by atoms with van der Waals surface area (Å²) in [5.41, 5.74) is 0.583. The number of amidine groups is 1. The van der Waals surface area contributed by atoms with Crippen LogP contribution in [0.25, 0.3) is 0 Å². The summed E-state index contributed by atoms with van der Waals surface area (Å²) in [4.78, 5) is 34.4. The predicted molar refractivity (Wildman–Crippen MR) is 133 cm³/mol. The number of nitrogens with one attached hydrogen (secondary N) is 1. The average Bonchev–Trinajstić information content (AvgIpc) is 2.88. The Kier molecular flexibility index (Phi) is 9.13. The van der Waals surface area contributed by atoms with Gasteiger partial charge in [-0.25, -0.2) is 22.9 Å². The number of rotatable bonds is 9. The standard InChI is InChI=1S/C25H24BrF3N4O5/c1-2-38-25(35)21-20(10-33-5-6-36-11-16(33)12-37-13-34)31-24(23-19(29)8-15(28)9-30-23)32-22(21)17-4-3-14(27)7-18(17)26/h3-4,7-9,13,16,22H,2,5-6,10-12H2,1H3,(H,31,32). The van der Waals surface area contributed by atoms with Crippen LogP contribution < -0.4 is 5.32 Å². The Balaban J connectivity index is 1.84. The van der Waals surface area contributed by atoms with Gasteiger partial charge in [-0.2, -0.15) is 0 Å². The molecule has 202 valence electrons. The largest absolute Gasteiger partial charge is 0.466 e. The van der Waals surface area contributed by atoms with Gasteiger partial charge in [-0.1, -0.05) is 22.0 Å². The fourth-order valence-corrected chi connectivity index (χ4v) is 4.80. The second kappa shape index (κ2) is 12.5. The smallest absolute Gasteiger partial charge is 0.338 e. The topological polar surface area (TPSA) is 102 Å². The molecule has 1 aromatic heterocycles. The predicted octanol–water partition coefficient (Wildman–Crippen LogP) is 3.04. The van der Waals surface area contributed by atoms with Gasteiger partial charge in [0.2, 0.25) is 0 Å². The van der Waals surface area contributed by atoms with E-state index in [-0.39, 0.29) is 49.5 Å². The Morgan fingerprint density at radius 1 is 1.29 bits per heavy atom. The van der Waals surface area contributed by atoms with Crippen LogP contribution in [0.2, 0.25) is 0 Å². The molecule has 1 N–H and O–H groups in total. The summed E-state index contributed by atoms with van der Waals surface area (Å²) >= 11 is 3.33. The van der Waals surface area contributed by atoms with Crippen LogP contribution in [0, 0.1) is 17.5 Å². The highest BCUT2D eigenvalue weighted by Gasteiger charge is 2.36. The van der Waals surface area contributed by atoms with Crippen molar-refractivity contribution in [3.63, 3.8) is 0 Å². The number of esters is 1. The Hall–Kier alpha value is -3.29. The maximum Gasteiger partial charge on any atom is 0.338 e. The number of halogens is 4. The normalized spacial score (nSPS) is 20.0. The molecule has 0 saturated carbocycles. The van der Waals surface area contributed by atoms with Gasteiger partial charge in [-0.3, -0.25) is 14.7 Å². The van der Waals surface area contributed by atoms with E-state index >= 15 is 0 Å². The van der Waals surface area contributed by atoms with Crippen molar-refractivity contribution in [3.8, 4) is 0 Å². The number of nitrogens with zero attached hydrogens (tertiary/aromatic N) is 3. The van der Waals surface area contributed by atoms with Crippen LogP contribution in [-0.4, -0.2) is 73.7 Å². The molecule has 1 aromatic carbocycles. The van der Waals surface area contributed by atoms with E-state index in [9.17, 15) is 22.8 Å². The first kappa shape index (κ1) is 27.7. The second-order valence-electron chi connectivity index (χ2n) is 8.40. The van der Waals surface area contributed by atoms with Crippen molar-refractivity contribution in [1.82, 2.24) is 15.2 Å². The van der Waals surface area contributed by atoms with Crippen molar-refractivity contribution in [2.45, 2.75) is 19.0 Å². The number of carbonyl (C=O) groups excluding carboxylic acids is 2. The first-order valence-corrected chi connectivity index (χ1v) is 12.5. The Morgan fingerprint density at radius 3 is 2.82 bits per heavy atom. The first-order chi connectivity index (χ1) is 18.3. The van der Waals surface area contributed by atoms with E-state index in [2.05, 4.69) is 31.2 Å². The third kappa shape index (κ3) is 6.22. The Bertz CT molecular complexity index is 1280. The van der Waals surface area contributed by atoms with E-state index in [1.54, 1.807) is 6.92 Å². The molecule has 9 nitrogen and oxygen atoms in total. The summed E-state index contributed by atoms with van der Waals surface area (Å²) in [6.07, 6.45) is 0.852. The molecule has 2 aliphatic heterocycles. The summed E-state index contributed by atoms with van der Waals surface area (Å²) < 4.78 is 58.4. The number of aromatic nitrogens is 1. The van der Waals surface area contributed by atoms with Gasteiger partial charge in [0.25, 0.3) is 6.47 Å². The molecular weight excluding hydrogens is 573 g/mol. The van der Waals surface area contributed by atoms with E-state index < -0.39 is 29.5 Å².